The molecule has 8 rings (SSSR count). The minimum absolute atomic E-state index is 0.622. The summed E-state index contributed by atoms with van der Waals surface area (Å²) in [4.78, 5) is 2.30. The van der Waals surface area contributed by atoms with Gasteiger partial charge in [0.25, 0.3) is 0 Å². The fraction of sp³-hybridized carbons (Fsp3) is 0.0244. The number of nitrogens with zero attached hydrogens (tertiary/aromatic N) is 1. The van der Waals surface area contributed by atoms with Crippen LogP contribution in [0.3, 0.4) is 0 Å². The molecule has 1 aliphatic rings. The van der Waals surface area contributed by atoms with Gasteiger partial charge in [0.15, 0.2) is 0 Å². The molecule has 0 radical (unpaired) electrons. The summed E-state index contributed by atoms with van der Waals surface area (Å²) in [7, 11) is 0. The highest BCUT2D eigenvalue weighted by Gasteiger charge is 2.23. The third-order valence-electron chi connectivity index (χ3n) is 8.34. The molecule has 0 saturated heterocycles. The van der Waals surface area contributed by atoms with E-state index in [1.807, 2.05) is 12.1 Å². The van der Waals surface area contributed by atoms with Crippen LogP contribution in [0.4, 0.5) is 11.4 Å². The Kier molecular flexibility index (Phi) is 6.54. The SMILES string of the molecule is C1=C(N(c2ccc(-c3ccccc3)cc2)c2ccc(-c3ccccc3-c3ccccc3)cc2)NCc2oc3ccccc3c21. The predicted octanol–water partition coefficient (Wildman–Crippen LogP) is 10.7. The number of benzene rings is 6. The number of hydrogen-bond acceptors (Lipinski definition) is 3. The van der Waals surface area contributed by atoms with Gasteiger partial charge in [-0.1, -0.05) is 127 Å². The van der Waals surface area contributed by atoms with E-state index in [1.165, 1.54) is 33.4 Å². The van der Waals surface area contributed by atoms with Crippen LogP contribution in [0.2, 0.25) is 0 Å². The van der Waals surface area contributed by atoms with Gasteiger partial charge in [-0.05, 0) is 69.8 Å². The summed E-state index contributed by atoms with van der Waals surface area (Å²) >= 11 is 0. The molecule has 0 bridgehead atoms. The van der Waals surface area contributed by atoms with Gasteiger partial charge in [0.1, 0.15) is 17.2 Å². The van der Waals surface area contributed by atoms with Crippen molar-refractivity contribution in [3.63, 3.8) is 0 Å². The van der Waals surface area contributed by atoms with Crippen molar-refractivity contribution >= 4 is 28.4 Å². The largest absolute Gasteiger partial charge is 0.459 e. The van der Waals surface area contributed by atoms with Gasteiger partial charge in [-0.25, -0.2) is 0 Å². The molecule has 0 fully saturated rings. The zero-order valence-electron chi connectivity index (χ0n) is 24.2. The van der Waals surface area contributed by atoms with Crippen molar-refractivity contribution in [2.24, 2.45) is 0 Å². The number of furan rings is 1. The molecule has 0 aliphatic carbocycles. The Labute approximate surface area is 257 Å². The number of anilines is 2. The second-order valence-electron chi connectivity index (χ2n) is 11.0. The molecule has 0 saturated carbocycles. The van der Waals surface area contributed by atoms with Crippen LogP contribution in [0.1, 0.15) is 11.3 Å². The first-order valence-electron chi connectivity index (χ1n) is 15.0. The quantitative estimate of drug-likeness (QED) is 0.217. The van der Waals surface area contributed by atoms with Gasteiger partial charge >= 0.3 is 0 Å². The smallest absolute Gasteiger partial charge is 0.135 e. The van der Waals surface area contributed by atoms with Gasteiger partial charge in [-0.15, -0.1) is 0 Å². The monoisotopic (exact) mass is 566 g/mol. The lowest BCUT2D eigenvalue weighted by atomic mass is 9.94. The average Bonchev–Trinajstić information content (AvgIpc) is 3.48. The second-order valence-corrected chi connectivity index (χ2v) is 11.0. The predicted molar refractivity (Wildman–Crippen MR) is 182 cm³/mol. The molecule has 0 atom stereocenters. The molecule has 7 aromatic rings. The van der Waals surface area contributed by atoms with Gasteiger partial charge in [0, 0.05) is 22.3 Å². The van der Waals surface area contributed by atoms with E-state index in [1.54, 1.807) is 0 Å². The summed E-state index contributed by atoms with van der Waals surface area (Å²) in [6, 6.07) is 55.7. The number of nitrogens with one attached hydrogen (secondary N) is 1. The van der Waals surface area contributed by atoms with Gasteiger partial charge in [-0.2, -0.15) is 0 Å². The van der Waals surface area contributed by atoms with Crippen LogP contribution in [0.15, 0.2) is 168 Å². The van der Waals surface area contributed by atoms with Crippen molar-refractivity contribution in [2.45, 2.75) is 6.54 Å². The fourth-order valence-electron chi connectivity index (χ4n) is 6.16. The lowest BCUT2D eigenvalue weighted by Gasteiger charge is -2.30. The molecule has 0 unspecified atom stereocenters. The lowest BCUT2D eigenvalue weighted by Crippen LogP contribution is -2.29. The van der Waals surface area contributed by atoms with Crippen LogP contribution in [0, 0.1) is 0 Å². The number of rotatable bonds is 6. The molecule has 0 spiro atoms. The molecular weight excluding hydrogens is 536 g/mol. The van der Waals surface area contributed by atoms with Crippen LogP contribution in [-0.2, 0) is 6.54 Å². The van der Waals surface area contributed by atoms with Crippen molar-refractivity contribution in [3.05, 3.63) is 175 Å². The standard InChI is InChI=1S/C41H30N2O/c1-3-11-29(12-4-1)30-19-23-33(24-20-30)43(41-27-38-37-17-9-10-18-39(37)44-40(38)28-42-41)34-25-21-32(22-26-34)36-16-8-7-15-35(36)31-13-5-2-6-14-31/h1-27,42H,28H2. The summed E-state index contributed by atoms with van der Waals surface area (Å²) in [5.74, 6) is 1.97. The highest BCUT2D eigenvalue weighted by Crippen LogP contribution is 2.38. The summed E-state index contributed by atoms with van der Waals surface area (Å²) < 4.78 is 6.18. The Morgan fingerprint density at radius 2 is 0.977 bits per heavy atom. The maximum Gasteiger partial charge on any atom is 0.135 e. The first kappa shape index (κ1) is 25.9. The van der Waals surface area contributed by atoms with Crippen LogP contribution in [0.5, 0.6) is 0 Å². The normalized spacial score (nSPS) is 12.3. The highest BCUT2D eigenvalue weighted by molar-refractivity contribution is 5.91. The topological polar surface area (TPSA) is 28.4 Å². The van der Waals surface area contributed by atoms with Gasteiger partial charge in [-0.3, -0.25) is 4.90 Å². The summed E-state index contributed by atoms with van der Waals surface area (Å²) in [6.45, 7) is 0.622. The van der Waals surface area contributed by atoms with Gasteiger partial charge in [0.2, 0.25) is 0 Å². The third kappa shape index (κ3) is 4.75. The maximum atomic E-state index is 6.18. The zero-order chi connectivity index (χ0) is 29.3. The van der Waals surface area contributed by atoms with E-state index in [2.05, 4.69) is 162 Å². The molecule has 2 heterocycles. The summed E-state index contributed by atoms with van der Waals surface area (Å²) in [5.41, 5.74) is 11.4. The van der Waals surface area contributed by atoms with Crippen molar-refractivity contribution < 1.29 is 4.42 Å². The molecule has 3 nitrogen and oxygen atoms in total. The minimum Gasteiger partial charge on any atom is -0.459 e. The van der Waals surface area contributed by atoms with Crippen molar-refractivity contribution in [2.75, 3.05) is 4.90 Å². The molecular formula is C41H30N2O. The van der Waals surface area contributed by atoms with Crippen LogP contribution >= 0.6 is 0 Å². The number of hydrogen-bond donors (Lipinski definition) is 1. The van der Waals surface area contributed by atoms with Crippen molar-refractivity contribution in [1.29, 1.82) is 0 Å². The van der Waals surface area contributed by atoms with Crippen molar-refractivity contribution in [3.8, 4) is 33.4 Å². The van der Waals surface area contributed by atoms with E-state index in [0.29, 0.717) is 6.54 Å². The summed E-state index contributed by atoms with van der Waals surface area (Å²) in [6.07, 6.45) is 2.22. The molecule has 0 amide bonds. The second kappa shape index (κ2) is 11.1. The first-order chi connectivity index (χ1) is 21.8. The van der Waals surface area contributed by atoms with E-state index in [4.69, 9.17) is 4.42 Å². The Morgan fingerprint density at radius 1 is 0.477 bits per heavy atom. The minimum atomic E-state index is 0.622. The van der Waals surface area contributed by atoms with E-state index in [-0.39, 0.29) is 0 Å². The molecule has 44 heavy (non-hydrogen) atoms. The average molecular weight is 567 g/mol. The fourth-order valence-corrected chi connectivity index (χ4v) is 6.16. The number of para-hydroxylation sites is 1. The molecule has 3 heteroatoms. The van der Waals surface area contributed by atoms with E-state index in [0.717, 1.165) is 39.5 Å². The van der Waals surface area contributed by atoms with Crippen LogP contribution < -0.4 is 10.2 Å². The first-order valence-corrected chi connectivity index (χ1v) is 15.0. The Morgan fingerprint density at radius 3 is 1.64 bits per heavy atom. The molecule has 210 valence electrons. The van der Waals surface area contributed by atoms with E-state index in [9.17, 15) is 0 Å². The van der Waals surface area contributed by atoms with E-state index < -0.39 is 0 Å². The molecule has 1 aliphatic heterocycles. The van der Waals surface area contributed by atoms with E-state index >= 15 is 0 Å². The Balaban J connectivity index is 1.22. The van der Waals surface area contributed by atoms with Gasteiger partial charge in [0.05, 0.1) is 6.54 Å². The molecule has 1 N–H and O–H groups in total. The summed E-state index contributed by atoms with van der Waals surface area (Å²) in [5, 5.41) is 4.78. The van der Waals surface area contributed by atoms with Crippen LogP contribution in [0.25, 0.3) is 50.4 Å². The third-order valence-corrected chi connectivity index (χ3v) is 8.34. The zero-order valence-corrected chi connectivity index (χ0v) is 24.2. The molecule has 6 aromatic carbocycles. The Bertz CT molecular complexity index is 2090. The maximum absolute atomic E-state index is 6.18. The number of fused-ring (bicyclic) bond motifs is 3. The highest BCUT2D eigenvalue weighted by atomic mass is 16.3. The van der Waals surface area contributed by atoms with Crippen molar-refractivity contribution in [1.82, 2.24) is 5.32 Å². The van der Waals surface area contributed by atoms with Gasteiger partial charge < -0.3 is 9.73 Å². The Hall–Kier alpha value is -5.80. The molecule has 1 aromatic heterocycles. The lowest BCUT2D eigenvalue weighted by molar-refractivity contribution is 0.525. The van der Waals surface area contributed by atoms with Crippen LogP contribution in [-0.4, -0.2) is 0 Å².